The second-order valence-electron chi connectivity index (χ2n) is 12.3. The van der Waals surface area contributed by atoms with Crippen LogP contribution >= 0.6 is 23.1 Å². The topological polar surface area (TPSA) is 109 Å². The fourth-order valence-corrected chi connectivity index (χ4v) is 11.1. The van der Waals surface area contributed by atoms with Crippen LogP contribution in [0, 0.1) is 29.6 Å². The van der Waals surface area contributed by atoms with Gasteiger partial charge in [0.2, 0.25) is 11.8 Å². The van der Waals surface area contributed by atoms with Crippen molar-refractivity contribution in [2.45, 2.75) is 28.8 Å². The van der Waals surface area contributed by atoms with E-state index < -0.39 is 41.1 Å². The lowest BCUT2D eigenvalue weighted by molar-refractivity contribution is -0.137. The van der Waals surface area contributed by atoms with E-state index in [1.807, 2.05) is 30.3 Å². The summed E-state index contributed by atoms with van der Waals surface area (Å²) in [6, 6.07) is 21.0. The van der Waals surface area contributed by atoms with Crippen molar-refractivity contribution >= 4 is 52.2 Å². The highest BCUT2D eigenvalue weighted by atomic mass is 32.2. The van der Waals surface area contributed by atoms with Crippen LogP contribution in [0.5, 0.6) is 5.75 Å². The third kappa shape index (κ3) is 4.89. The number of fused-ring (bicyclic) bond motifs is 9. The summed E-state index contributed by atoms with van der Waals surface area (Å²) in [6.07, 6.45) is -4.12. The molecule has 2 N–H and O–H groups in total. The first-order valence-corrected chi connectivity index (χ1v) is 16.8. The number of H-pyrrole nitrogens is 1. The smallest absolute Gasteiger partial charge is 0.418 e. The lowest BCUT2D eigenvalue weighted by Gasteiger charge is -2.43. The van der Waals surface area contributed by atoms with Crippen LogP contribution < -0.4 is 19.8 Å². The van der Waals surface area contributed by atoms with Gasteiger partial charge in [-0.25, -0.2) is 4.90 Å². The van der Waals surface area contributed by atoms with Crippen molar-refractivity contribution in [3.8, 4) is 5.75 Å². The van der Waals surface area contributed by atoms with Gasteiger partial charge in [0.25, 0.3) is 5.91 Å². The molecule has 3 aromatic carbocycles. The first-order chi connectivity index (χ1) is 22.6. The van der Waals surface area contributed by atoms with Gasteiger partial charge in [-0.15, -0.1) is 11.8 Å². The Hall–Kier alpha value is -4.36. The summed E-state index contributed by atoms with van der Waals surface area (Å²) in [6.45, 7) is -0.195. The van der Waals surface area contributed by atoms with Crippen LogP contribution in [0.15, 0.2) is 88.7 Å². The molecule has 8 nitrogen and oxygen atoms in total. The van der Waals surface area contributed by atoms with Crippen molar-refractivity contribution in [2.75, 3.05) is 16.8 Å². The van der Waals surface area contributed by atoms with Crippen LogP contribution in [0.1, 0.15) is 28.3 Å². The Morgan fingerprint density at radius 3 is 2.32 bits per heavy atom. The number of halogens is 3. The van der Waals surface area contributed by atoms with Crippen molar-refractivity contribution in [3.05, 3.63) is 105 Å². The molecule has 2 bridgehead atoms. The second kappa shape index (κ2) is 11.1. The summed E-state index contributed by atoms with van der Waals surface area (Å²) in [4.78, 5) is 57.1. The van der Waals surface area contributed by atoms with Crippen LogP contribution in [0.3, 0.4) is 0 Å². The first kappa shape index (κ1) is 30.0. The molecular weight excluding hydrogens is 652 g/mol. The van der Waals surface area contributed by atoms with Gasteiger partial charge >= 0.3 is 11.0 Å². The summed E-state index contributed by atoms with van der Waals surface area (Å²) in [5, 5.41) is 3.38. The van der Waals surface area contributed by atoms with E-state index in [-0.39, 0.29) is 46.3 Å². The molecule has 0 unspecified atom stereocenters. The van der Waals surface area contributed by atoms with Gasteiger partial charge in [-0.3, -0.25) is 19.2 Å². The monoisotopic (exact) mass is 677 g/mol. The van der Waals surface area contributed by atoms with Crippen LogP contribution in [0.4, 0.5) is 24.5 Å². The third-order valence-corrected chi connectivity index (χ3v) is 12.4. The molecule has 2 aliphatic heterocycles. The maximum Gasteiger partial charge on any atom is 0.418 e. The minimum Gasteiger partial charge on any atom is -0.484 e. The van der Waals surface area contributed by atoms with Crippen molar-refractivity contribution in [1.29, 1.82) is 0 Å². The molecule has 8 rings (SSSR count). The number of rotatable bonds is 6. The Kier molecular flexibility index (Phi) is 7.10. The molecule has 47 heavy (non-hydrogen) atoms. The Morgan fingerprint density at radius 2 is 1.60 bits per heavy atom. The van der Waals surface area contributed by atoms with Gasteiger partial charge < -0.3 is 15.0 Å². The van der Waals surface area contributed by atoms with Crippen LogP contribution in [0.2, 0.25) is 0 Å². The number of hydrogen-bond donors (Lipinski definition) is 2. The van der Waals surface area contributed by atoms with E-state index in [2.05, 4.69) is 10.3 Å². The molecule has 3 amide bonds. The van der Waals surface area contributed by atoms with E-state index in [4.69, 9.17) is 4.74 Å². The van der Waals surface area contributed by atoms with E-state index in [1.165, 1.54) is 30.0 Å². The maximum absolute atomic E-state index is 13.9. The number of imide groups is 1. The molecule has 240 valence electrons. The van der Waals surface area contributed by atoms with Gasteiger partial charge in [0.1, 0.15) is 5.75 Å². The van der Waals surface area contributed by atoms with E-state index in [0.717, 1.165) is 37.8 Å². The molecule has 0 spiro atoms. The van der Waals surface area contributed by atoms with Gasteiger partial charge in [0.05, 0.1) is 28.1 Å². The number of thioether (sulfide) groups is 1. The Labute approximate surface area is 274 Å². The highest BCUT2D eigenvalue weighted by molar-refractivity contribution is 8.00. The van der Waals surface area contributed by atoms with Crippen molar-refractivity contribution in [3.63, 3.8) is 0 Å². The molecule has 7 atom stereocenters. The first-order valence-electron chi connectivity index (χ1n) is 15.1. The largest absolute Gasteiger partial charge is 0.484 e. The number of ether oxygens (including phenoxy) is 1. The van der Waals surface area contributed by atoms with Crippen molar-refractivity contribution in [2.24, 2.45) is 29.6 Å². The van der Waals surface area contributed by atoms with E-state index >= 15 is 0 Å². The van der Waals surface area contributed by atoms with Gasteiger partial charge in [-0.1, -0.05) is 53.8 Å². The number of amides is 3. The number of anilines is 2. The average molecular weight is 678 g/mol. The predicted molar refractivity (Wildman–Crippen MR) is 169 cm³/mol. The second-order valence-corrected chi connectivity index (χ2v) is 14.5. The number of nitrogens with zero attached hydrogens (tertiary/aromatic N) is 1. The number of hydrogen-bond acceptors (Lipinski definition) is 7. The summed E-state index contributed by atoms with van der Waals surface area (Å²) < 4.78 is 47.5. The number of para-hydroxylation sites is 2. The van der Waals surface area contributed by atoms with Crippen molar-refractivity contribution in [1.82, 2.24) is 4.98 Å². The van der Waals surface area contributed by atoms with E-state index in [0.29, 0.717) is 17.9 Å². The Balaban J connectivity index is 1.08. The minimum atomic E-state index is -4.73. The number of nitrogens with one attached hydrogen (secondary N) is 2. The van der Waals surface area contributed by atoms with Crippen LogP contribution in [0.25, 0.3) is 0 Å². The Morgan fingerprint density at radius 1 is 0.915 bits per heavy atom. The predicted octanol–water partition coefficient (Wildman–Crippen LogP) is 6.15. The summed E-state index contributed by atoms with van der Waals surface area (Å²) in [7, 11) is 0. The highest BCUT2D eigenvalue weighted by Gasteiger charge is 2.70. The van der Waals surface area contributed by atoms with Gasteiger partial charge in [-0.05, 0) is 66.1 Å². The van der Waals surface area contributed by atoms with Gasteiger partial charge in [0.15, 0.2) is 6.61 Å². The molecule has 1 aromatic heterocycles. The summed E-state index contributed by atoms with van der Waals surface area (Å²) >= 11 is 2.62. The summed E-state index contributed by atoms with van der Waals surface area (Å²) in [5.74, 6) is -3.33. The minimum absolute atomic E-state index is 0.115. The zero-order valence-corrected chi connectivity index (χ0v) is 26.0. The number of benzene rings is 3. The zero-order chi connectivity index (χ0) is 32.6. The van der Waals surface area contributed by atoms with Crippen LogP contribution in [-0.2, 0) is 20.6 Å². The van der Waals surface area contributed by atoms with Crippen LogP contribution in [-0.4, -0.2) is 34.6 Å². The molecular formula is C34H26F3N3O5S2. The number of alkyl halides is 3. The molecule has 2 aliphatic carbocycles. The summed E-state index contributed by atoms with van der Waals surface area (Å²) in [5.41, 5.74) is 0.106. The molecule has 1 saturated heterocycles. The molecule has 13 heteroatoms. The fourth-order valence-electron chi connectivity index (χ4n) is 8.17. The standard InChI is InChI=1S/C34H26F3N3O5S2/c35-34(36,37)21-8-4-5-9-22(21)40-31(42)26-19-14-20(27(26)32(40)43)28-25(19)24(29-30(46-28)39-33(44)47-29)16-10-12-18(13-11-16)45-15-23(41)38-17-6-2-1-3-7-17/h1-13,19-20,24-28H,14-15H2,(H,38,41)(H,39,44)/t19-,20-,24+,25-,26+,27+,28-/m1/s1. The number of carbonyl (C=O) groups is 3. The van der Waals surface area contributed by atoms with E-state index in [1.54, 1.807) is 24.3 Å². The fraction of sp³-hybridized carbons (Fsp3) is 0.294. The Bertz CT molecular complexity index is 1960. The number of aromatic amines is 1. The molecule has 4 aliphatic rings. The lowest BCUT2D eigenvalue weighted by atomic mass is 9.68. The molecule has 3 fully saturated rings. The average Bonchev–Trinajstić information content (AvgIpc) is 3.79. The molecule has 4 aromatic rings. The quantitative estimate of drug-likeness (QED) is 0.237. The number of carbonyl (C=O) groups excluding carboxylic acids is 3. The molecule has 2 saturated carbocycles. The zero-order valence-electron chi connectivity index (χ0n) is 24.4. The molecule has 0 radical (unpaired) electrons. The third-order valence-electron chi connectivity index (χ3n) is 9.84. The van der Waals surface area contributed by atoms with Gasteiger partial charge in [-0.2, -0.15) is 13.2 Å². The SMILES string of the molecule is O=C(COc1ccc([C@@H]2c3sc(=O)[nH]c3S[C@@H]3[C@@H]4C[C@@H]([C@@H]5C(=O)N(c6ccccc6C(F)(F)F)C(=O)[C@@H]45)[C@H]23)cc1)Nc1ccccc1. The normalized spacial score (nSPS) is 27.4. The maximum atomic E-state index is 13.9. The van der Waals surface area contributed by atoms with E-state index in [9.17, 15) is 32.3 Å². The van der Waals surface area contributed by atoms with Crippen molar-refractivity contribution < 1.29 is 32.3 Å². The molecule has 3 heterocycles. The van der Waals surface area contributed by atoms with Gasteiger partial charge in [0, 0.05) is 21.7 Å². The number of aromatic nitrogens is 1. The highest BCUT2D eigenvalue weighted by Crippen LogP contribution is 2.68. The lowest BCUT2D eigenvalue weighted by Crippen LogP contribution is -2.42. The number of thiazole rings is 1.